The van der Waals surface area contributed by atoms with Gasteiger partial charge in [-0.3, -0.25) is 14.4 Å². The molecule has 2 N–H and O–H groups in total. The molecule has 3 aromatic rings. The van der Waals surface area contributed by atoms with Crippen LogP contribution in [0.3, 0.4) is 0 Å². The zero-order chi connectivity index (χ0) is 29.6. The van der Waals surface area contributed by atoms with E-state index in [9.17, 15) is 42.3 Å². The Balaban J connectivity index is 0.000000557. The standard InChI is InChI=1S/C24H14F3NO6.C2Cl2O2/c1-11-2-5-16-18(8-11)33-19-10-13(28-22(32)24(25,26)27)4-7-17(19)23(16)15-6-3-12(20(29)30)9-14(15)21(31)34-23;3-1(5)2(4)6/h2-10H,1H3,(H,28,32)(H,29,30);. The topological polar surface area (TPSA) is 136 Å². The molecule has 1 atom stereocenters. The second kappa shape index (κ2) is 10.3. The predicted octanol–water partition coefficient (Wildman–Crippen LogP) is 5.28. The van der Waals surface area contributed by atoms with Crippen LogP contribution >= 0.6 is 23.2 Å². The van der Waals surface area contributed by atoms with Crippen LogP contribution in [-0.2, 0) is 24.7 Å². The van der Waals surface area contributed by atoms with Crippen LogP contribution in [0, 0.1) is 6.92 Å². The van der Waals surface area contributed by atoms with Crippen molar-refractivity contribution in [3.05, 3.63) is 88.0 Å². The van der Waals surface area contributed by atoms with Gasteiger partial charge in [-0.15, -0.1) is 0 Å². The summed E-state index contributed by atoms with van der Waals surface area (Å²) in [5.74, 6) is -3.75. The Morgan fingerprint density at radius 3 is 2.02 bits per heavy atom. The van der Waals surface area contributed by atoms with Gasteiger partial charge in [-0.25, -0.2) is 9.59 Å². The largest absolute Gasteiger partial charge is 0.478 e. The van der Waals surface area contributed by atoms with Gasteiger partial charge in [0.05, 0.1) is 11.1 Å². The highest BCUT2D eigenvalue weighted by Gasteiger charge is 2.53. The van der Waals surface area contributed by atoms with Gasteiger partial charge in [0.1, 0.15) is 11.5 Å². The quantitative estimate of drug-likeness (QED) is 0.237. The van der Waals surface area contributed by atoms with Crippen LogP contribution in [0.25, 0.3) is 0 Å². The molecule has 1 spiro atoms. The van der Waals surface area contributed by atoms with E-state index in [0.717, 1.165) is 5.56 Å². The van der Waals surface area contributed by atoms with Gasteiger partial charge >= 0.3 is 34.5 Å². The number of carboxylic acid groups (broad SMARTS) is 1. The SMILES string of the molecule is Cc1ccc2c(c1)Oc1cc(NC(=O)C(F)(F)F)ccc1C21OC(=O)c2cc(C(=O)O)ccc21.O=C(Cl)C(=O)Cl. The Morgan fingerprint density at radius 1 is 0.875 bits per heavy atom. The average Bonchev–Trinajstić information content (AvgIpc) is 3.15. The Labute approximate surface area is 232 Å². The molecule has 2 heterocycles. The number of carbonyl (C=O) groups is 5. The van der Waals surface area contributed by atoms with Crippen molar-refractivity contribution in [1.29, 1.82) is 0 Å². The van der Waals surface area contributed by atoms with E-state index >= 15 is 0 Å². The van der Waals surface area contributed by atoms with E-state index in [4.69, 9.17) is 9.47 Å². The van der Waals surface area contributed by atoms with Crippen LogP contribution in [0.5, 0.6) is 11.5 Å². The molecule has 2 aliphatic rings. The van der Waals surface area contributed by atoms with Gasteiger partial charge in [0.25, 0.3) is 0 Å². The first-order valence-corrected chi connectivity index (χ1v) is 11.7. The van der Waals surface area contributed by atoms with Gasteiger partial charge in [0.15, 0.2) is 5.60 Å². The van der Waals surface area contributed by atoms with Crippen molar-refractivity contribution in [2.75, 3.05) is 5.32 Å². The summed E-state index contributed by atoms with van der Waals surface area (Å²) < 4.78 is 50.0. The number of benzene rings is 3. The fourth-order valence-electron chi connectivity index (χ4n) is 4.25. The molecule has 2 aliphatic heterocycles. The lowest BCUT2D eigenvalue weighted by molar-refractivity contribution is -0.167. The zero-order valence-electron chi connectivity index (χ0n) is 19.9. The molecule has 3 aromatic carbocycles. The summed E-state index contributed by atoms with van der Waals surface area (Å²) in [6.45, 7) is 1.81. The second-order valence-electron chi connectivity index (χ2n) is 8.45. The number of halogens is 5. The van der Waals surface area contributed by atoms with E-state index in [1.807, 2.05) is 0 Å². The Kier molecular flexibility index (Phi) is 7.35. The van der Waals surface area contributed by atoms with Crippen LogP contribution in [-0.4, -0.2) is 39.6 Å². The molecule has 0 saturated heterocycles. The summed E-state index contributed by atoms with van der Waals surface area (Å²) >= 11 is 8.98. The van der Waals surface area contributed by atoms with Crippen molar-refractivity contribution in [3.63, 3.8) is 0 Å². The number of amides is 1. The molecule has 0 fully saturated rings. The molecular formula is C26H14Cl2F3NO8. The fraction of sp³-hybridized carbons (Fsp3) is 0.115. The summed E-state index contributed by atoms with van der Waals surface area (Å²) in [6.07, 6.45) is -5.08. The molecule has 1 unspecified atom stereocenters. The molecule has 9 nitrogen and oxygen atoms in total. The van der Waals surface area contributed by atoms with Crippen LogP contribution in [0.4, 0.5) is 18.9 Å². The molecule has 40 heavy (non-hydrogen) atoms. The molecule has 0 aliphatic carbocycles. The smallest absolute Gasteiger partial charge is 0.471 e. The number of anilines is 1. The van der Waals surface area contributed by atoms with Gasteiger partial charge < -0.3 is 19.9 Å². The normalized spacial score (nSPS) is 16.3. The maximum absolute atomic E-state index is 12.9. The number of carboxylic acids is 1. The lowest BCUT2D eigenvalue weighted by Crippen LogP contribution is -2.33. The minimum Gasteiger partial charge on any atom is -0.478 e. The van der Waals surface area contributed by atoms with E-state index in [1.54, 1.807) is 30.4 Å². The van der Waals surface area contributed by atoms with Crippen LogP contribution in [0.15, 0.2) is 54.6 Å². The molecule has 0 radical (unpaired) electrons. The van der Waals surface area contributed by atoms with Crippen LogP contribution in [0.2, 0.25) is 0 Å². The van der Waals surface area contributed by atoms with Gasteiger partial charge in [0.2, 0.25) is 0 Å². The van der Waals surface area contributed by atoms with E-state index < -0.39 is 40.1 Å². The van der Waals surface area contributed by atoms with Crippen molar-refractivity contribution >= 4 is 57.2 Å². The third-order valence-corrected chi connectivity index (χ3v) is 6.32. The number of rotatable bonds is 3. The monoisotopic (exact) mass is 595 g/mol. The van der Waals surface area contributed by atoms with E-state index in [2.05, 4.69) is 23.2 Å². The molecule has 0 aromatic heterocycles. The zero-order valence-corrected chi connectivity index (χ0v) is 21.4. The minimum atomic E-state index is -5.08. The maximum atomic E-state index is 12.9. The first-order chi connectivity index (χ1) is 18.6. The average molecular weight is 596 g/mol. The number of alkyl halides is 3. The number of carbonyl (C=O) groups excluding carboxylic acids is 4. The number of fused-ring (bicyclic) bond motifs is 6. The summed E-state index contributed by atoms with van der Waals surface area (Å²) in [7, 11) is 0. The maximum Gasteiger partial charge on any atom is 0.471 e. The number of ether oxygens (including phenoxy) is 2. The number of esters is 1. The second-order valence-corrected chi connectivity index (χ2v) is 9.13. The summed E-state index contributed by atoms with van der Waals surface area (Å²) in [6, 6.07) is 13.1. The Hall–Kier alpha value is -4.42. The molecule has 0 saturated carbocycles. The molecule has 5 rings (SSSR count). The first kappa shape index (κ1) is 28.6. The number of hydrogen-bond acceptors (Lipinski definition) is 7. The first-order valence-electron chi connectivity index (χ1n) is 11.0. The summed E-state index contributed by atoms with van der Waals surface area (Å²) in [5.41, 5.74) is 0.207. The highest BCUT2D eigenvalue weighted by atomic mass is 35.5. The summed E-state index contributed by atoms with van der Waals surface area (Å²) in [4.78, 5) is 54.6. The number of aromatic carboxylic acids is 1. The van der Waals surface area contributed by atoms with E-state index in [0.29, 0.717) is 22.4 Å². The van der Waals surface area contributed by atoms with Crippen molar-refractivity contribution in [2.45, 2.75) is 18.7 Å². The third kappa shape index (κ3) is 5.10. The lowest BCUT2D eigenvalue weighted by atomic mass is 9.77. The van der Waals surface area contributed by atoms with E-state index in [1.165, 1.54) is 36.4 Å². The number of nitrogens with one attached hydrogen (secondary N) is 1. The predicted molar refractivity (Wildman–Crippen MR) is 133 cm³/mol. The van der Waals surface area contributed by atoms with Gasteiger partial charge in [-0.1, -0.05) is 18.2 Å². The van der Waals surface area contributed by atoms with Gasteiger partial charge in [-0.2, -0.15) is 13.2 Å². The fourth-order valence-corrected chi connectivity index (χ4v) is 4.25. The minimum absolute atomic E-state index is 0.0497. The number of aryl methyl sites for hydroxylation is 1. The van der Waals surface area contributed by atoms with Crippen molar-refractivity contribution in [3.8, 4) is 11.5 Å². The molecule has 206 valence electrons. The lowest BCUT2D eigenvalue weighted by Gasteiger charge is -2.36. The molecule has 0 bridgehead atoms. The Morgan fingerprint density at radius 2 is 1.45 bits per heavy atom. The third-order valence-electron chi connectivity index (χ3n) is 5.88. The number of hydrogen-bond donors (Lipinski definition) is 2. The van der Waals surface area contributed by atoms with Crippen LogP contribution in [0.1, 0.15) is 43.0 Å². The van der Waals surface area contributed by atoms with Gasteiger partial charge in [-0.05, 0) is 66.0 Å². The van der Waals surface area contributed by atoms with Crippen molar-refractivity contribution in [1.82, 2.24) is 0 Å². The highest BCUT2D eigenvalue weighted by molar-refractivity contribution is 6.97. The molecule has 14 heteroatoms. The van der Waals surface area contributed by atoms with Crippen molar-refractivity contribution in [2.24, 2.45) is 0 Å². The van der Waals surface area contributed by atoms with Crippen LogP contribution < -0.4 is 10.1 Å². The molecule has 1 amide bonds. The summed E-state index contributed by atoms with van der Waals surface area (Å²) in [5, 5.41) is 8.82. The highest BCUT2D eigenvalue weighted by Crippen LogP contribution is 2.56. The Bertz CT molecular complexity index is 1610. The molecular weight excluding hydrogens is 582 g/mol. The van der Waals surface area contributed by atoms with Crippen molar-refractivity contribution < 1.29 is 51.7 Å². The van der Waals surface area contributed by atoms with E-state index in [-0.39, 0.29) is 22.6 Å². The van der Waals surface area contributed by atoms with Gasteiger partial charge in [0, 0.05) is 28.4 Å².